The van der Waals surface area contributed by atoms with E-state index in [4.69, 9.17) is 0 Å². The molecule has 4 rings (SSSR count). The van der Waals surface area contributed by atoms with Crippen LogP contribution < -0.4 is 10.6 Å². The number of benzene rings is 2. The van der Waals surface area contributed by atoms with Crippen LogP contribution in [0.15, 0.2) is 64.8 Å². The predicted octanol–water partition coefficient (Wildman–Crippen LogP) is 5.18. The number of carbonyl (C=O) groups is 3. The van der Waals surface area contributed by atoms with E-state index in [9.17, 15) is 14.4 Å². The van der Waals surface area contributed by atoms with Crippen molar-refractivity contribution in [3.05, 3.63) is 54.6 Å². The van der Waals surface area contributed by atoms with E-state index in [0.29, 0.717) is 30.1 Å². The average Bonchev–Trinajstić information content (AvgIpc) is 2.95. The number of amides is 4. The fourth-order valence-electron chi connectivity index (χ4n) is 5.22. The molecule has 1 saturated carbocycles. The summed E-state index contributed by atoms with van der Waals surface area (Å²) >= 11 is 0. The molecule has 33 heavy (non-hydrogen) atoms. The number of imide groups is 1. The van der Waals surface area contributed by atoms with Crippen LogP contribution in [-0.2, 0) is 9.59 Å². The number of carbonyl (C=O) groups excluding carboxylic acids is 3. The Morgan fingerprint density at radius 2 is 1.67 bits per heavy atom. The van der Waals surface area contributed by atoms with Crippen molar-refractivity contribution in [2.45, 2.75) is 45.6 Å². The van der Waals surface area contributed by atoms with E-state index < -0.39 is 17.5 Å². The van der Waals surface area contributed by atoms with Crippen LogP contribution in [0.4, 0.5) is 21.9 Å². The molecule has 1 spiro atoms. The molecule has 2 aromatic rings. The van der Waals surface area contributed by atoms with Gasteiger partial charge in [-0.05, 0) is 67.0 Å². The second kappa shape index (κ2) is 8.77. The lowest BCUT2D eigenvalue weighted by Gasteiger charge is -2.43. The second-order valence-electron chi connectivity index (χ2n) is 9.89. The Morgan fingerprint density at radius 3 is 2.30 bits per heavy atom. The number of azo groups is 1. The van der Waals surface area contributed by atoms with Crippen molar-refractivity contribution >= 4 is 34.9 Å². The normalized spacial score (nSPS) is 24.3. The third-order valence-corrected chi connectivity index (χ3v) is 6.11. The van der Waals surface area contributed by atoms with E-state index in [1.807, 2.05) is 30.3 Å². The van der Waals surface area contributed by atoms with Crippen molar-refractivity contribution in [2.75, 3.05) is 11.9 Å². The number of urea groups is 1. The molecule has 2 unspecified atom stereocenters. The van der Waals surface area contributed by atoms with Gasteiger partial charge in [0.2, 0.25) is 5.91 Å². The maximum atomic E-state index is 13.2. The molecule has 2 atom stereocenters. The van der Waals surface area contributed by atoms with Gasteiger partial charge in [0, 0.05) is 5.69 Å². The minimum atomic E-state index is -0.913. The maximum Gasteiger partial charge on any atom is 0.325 e. The molecule has 8 heteroatoms. The molecule has 4 amide bonds. The van der Waals surface area contributed by atoms with Crippen LogP contribution in [0.25, 0.3) is 0 Å². The summed E-state index contributed by atoms with van der Waals surface area (Å²) in [4.78, 5) is 39.4. The fraction of sp³-hybridized carbons (Fsp3) is 0.400. The lowest BCUT2D eigenvalue weighted by molar-refractivity contribution is -0.136. The van der Waals surface area contributed by atoms with Crippen LogP contribution in [0.3, 0.4) is 0 Å². The first-order valence-corrected chi connectivity index (χ1v) is 11.2. The van der Waals surface area contributed by atoms with E-state index in [2.05, 4.69) is 41.6 Å². The van der Waals surface area contributed by atoms with Crippen LogP contribution >= 0.6 is 0 Å². The molecule has 2 aliphatic rings. The van der Waals surface area contributed by atoms with Crippen molar-refractivity contribution < 1.29 is 14.4 Å². The number of nitrogens with zero attached hydrogens (tertiary/aromatic N) is 3. The van der Waals surface area contributed by atoms with E-state index in [1.165, 1.54) is 0 Å². The SMILES string of the molecule is CC1CC(C)(C)CC2(C1)NC(=O)N(CC(=O)Nc1ccc(N=Nc3ccccc3)cc1)C2=O. The van der Waals surface area contributed by atoms with Crippen LogP contribution in [0.1, 0.15) is 40.0 Å². The first-order valence-electron chi connectivity index (χ1n) is 11.2. The zero-order chi connectivity index (χ0) is 23.6. The smallest absolute Gasteiger partial charge is 0.325 e. The van der Waals surface area contributed by atoms with Gasteiger partial charge >= 0.3 is 6.03 Å². The zero-order valence-electron chi connectivity index (χ0n) is 19.2. The monoisotopic (exact) mass is 447 g/mol. The van der Waals surface area contributed by atoms with E-state index in [1.54, 1.807) is 24.3 Å². The lowest BCUT2D eigenvalue weighted by atomic mass is 9.64. The van der Waals surface area contributed by atoms with Gasteiger partial charge in [-0.2, -0.15) is 10.2 Å². The van der Waals surface area contributed by atoms with Crippen molar-refractivity contribution in [3.63, 3.8) is 0 Å². The highest BCUT2D eigenvalue weighted by Crippen LogP contribution is 2.46. The molecule has 1 heterocycles. The molecule has 0 aromatic heterocycles. The van der Waals surface area contributed by atoms with Crippen molar-refractivity contribution in [2.24, 2.45) is 21.6 Å². The van der Waals surface area contributed by atoms with Crippen molar-refractivity contribution in [1.82, 2.24) is 10.2 Å². The van der Waals surface area contributed by atoms with Gasteiger partial charge in [0.1, 0.15) is 12.1 Å². The lowest BCUT2D eigenvalue weighted by Crippen LogP contribution is -2.54. The summed E-state index contributed by atoms with van der Waals surface area (Å²) in [6.45, 7) is 6.00. The van der Waals surface area contributed by atoms with Crippen LogP contribution in [0.2, 0.25) is 0 Å². The topological polar surface area (TPSA) is 103 Å². The second-order valence-corrected chi connectivity index (χ2v) is 9.89. The standard InChI is InChI=1S/C25H29N5O3/c1-17-13-24(2,3)16-25(14-17)22(32)30(23(33)27-25)15-21(31)26-18-9-11-20(12-10-18)29-28-19-7-5-4-6-8-19/h4-12,17H,13-16H2,1-3H3,(H,26,31)(H,27,33). The minimum Gasteiger partial charge on any atom is -0.325 e. The van der Waals surface area contributed by atoms with Gasteiger partial charge in [-0.1, -0.05) is 39.0 Å². The summed E-state index contributed by atoms with van der Waals surface area (Å²) in [5, 5.41) is 14.0. The molecule has 0 radical (unpaired) electrons. The number of hydrogen-bond acceptors (Lipinski definition) is 5. The fourth-order valence-corrected chi connectivity index (χ4v) is 5.22. The first-order chi connectivity index (χ1) is 15.7. The Bertz CT molecular complexity index is 1080. The van der Waals surface area contributed by atoms with Gasteiger partial charge in [-0.3, -0.25) is 14.5 Å². The summed E-state index contributed by atoms with van der Waals surface area (Å²) in [5.74, 6) is -0.430. The van der Waals surface area contributed by atoms with Crippen LogP contribution in [-0.4, -0.2) is 34.8 Å². The van der Waals surface area contributed by atoms with E-state index in [-0.39, 0.29) is 17.9 Å². The minimum absolute atomic E-state index is 0.0571. The van der Waals surface area contributed by atoms with Gasteiger partial charge in [0.05, 0.1) is 11.4 Å². The summed E-state index contributed by atoms with van der Waals surface area (Å²) < 4.78 is 0. The Balaban J connectivity index is 1.37. The number of anilines is 1. The molecule has 1 aliphatic heterocycles. The third kappa shape index (κ3) is 5.10. The van der Waals surface area contributed by atoms with Gasteiger partial charge in [0.25, 0.3) is 5.91 Å². The van der Waals surface area contributed by atoms with Gasteiger partial charge in [0.15, 0.2) is 0 Å². The van der Waals surface area contributed by atoms with Crippen LogP contribution in [0, 0.1) is 11.3 Å². The number of rotatable bonds is 5. The highest BCUT2D eigenvalue weighted by molar-refractivity contribution is 6.10. The molecule has 0 bridgehead atoms. The molecule has 2 aromatic carbocycles. The highest BCUT2D eigenvalue weighted by Gasteiger charge is 2.56. The van der Waals surface area contributed by atoms with E-state index in [0.717, 1.165) is 17.0 Å². The zero-order valence-corrected chi connectivity index (χ0v) is 19.2. The number of nitrogens with one attached hydrogen (secondary N) is 2. The van der Waals surface area contributed by atoms with Crippen molar-refractivity contribution in [3.8, 4) is 0 Å². The summed E-state index contributed by atoms with van der Waals surface area (Å²) in [5.41, 5.74) is 0.967. The summed E-state index contributed by atoms with van der Waals surface area (Å²) in [7, 11) is 0. The van der Waals surface area contributed by atoms with Crippen molar-refractivity contribution in [1.29, 1.82) is 0 Å². The first kappa shape index (κ1) is 22.6. The quantitative estimate of drug-likeness (QED) is 0.488. The van der Waals surface area contributed by atoms with Crippen LogP contribution in [0.5, 0.6) is 0 Å². The molecule has 2 fully saturated rings. The molecular formula is C25H29N5O3. The molecule has 172 valence electrons. The highest BCUT2D eigenvalue weighted by atomic mass is 16.2. The van der Waals surface area contributed by atoms with Gasteiger partial charge in [-0.25, -0.2) is 4.79 Å². The Labute approximate surface area is 193 Å². The number of hydrogen-bond donors (Lipinski definition) is 2. The Morgan fingerprint density at radius 1 is 1.03 bits per heavy atom. The van der Waals surface area contributed by atoms with Gasteiger partial charge in [-0.15, -0.1) is 0 Å². The molecule has 8 nitrogen and oxygen atoms in total. The Hall–Kier alpha value is -3.55. The molecule has 1 aliphatic carbocycles. The molecule has 2 N–H and O–H groups in total. The van der Waals surface area contributed by atoms with Gasteiger partial charge < -0.3 is 10.6 Å². The average molecular weight is 448 g/mol. The predicted molar refractivity (Wildman–Crippen MR) is 125 cm³/mol. The van der Waals surface area contributed by atoms with E-state index >= 15 is 0 Å². The largest absolute Gasteiger partial charge is 0.325 e. The molecule has 1 saturated heterocycles. The third-order valence-electron chi connectivity index (χ3n) is 6.11. The summed E-state index contributed by atoms with van der Waals surface area (Å²) in [6, 6.07) is 15.8. The maximum absolute atomic E-state index is 13.2. The Kier molecular flexibility index (Phi) is 6.01. The summed E-state index contributed by atoms with van der Waals surface area (Å²) in [6.07, 6.45) is 2.17. The molecular weight excluding hydrogens is 418 g/mol.